The Balaban J connectivity index is 3.78. The SMILES string of the molecule is CCC(C)(C)[C@@H](C)CCO. The lowest BCUT2D eigenvalue weighted by Gasteiger charge is -2.30. The summed E-state index contributed by atoms with van der Waals surface area (Å²) >= 11 is 0. The van der Waals surface area contributed by atoms with Gasteiger partial charge in [0.1, 0.15) is 0 Å². The lowest BCUT2D eigenvalue weighted by atomic mass is 9.76. The van der Waals surface area contributed by atoms with Crippen molar-refractivity contribution in [2.45, 2.75) is 40.5 Å². The maximum Gasteiger partial charge on any atom is 0.0433 e. The monoisotopic (exact) mass is 144 g/mol. The summed E-state index contributed by atoms with van der Waals surface area (Å²) in [4.78, 5) is 0. The molecule has 1 atom stereocenters. The molecule has 0 saturated heterocycles. The smallest absolute Gasteiger partial charge is 0.0433 e. The van der Waals surface area contributed by atoms with Gasteiger partial charge in [-0.25, -0.2) is 0 Å². The number of hydrogen-bond acceptors (Lipinski definition) is 1. The van der Waals surface area contributed by atoms with Crippen molar-refractivity contribution in [2.75, 3.05) is 6.61 Å². The Morgan fingerprint density at radius 3 is 2.20 bits per heavy atom. The zero-order chi connectivity index (χ0) is 8.20. The number of aliphatic hydroxyl groups excluding tert-OH is 1. The van der Waals surface area contributed by atoms with E-state index in [1.807, 2.05) is 0 Å². The summed E-state index contributed by atoms with van der Waals surface area (Å²) in [5.74, 6) is 0.627. The van der Waals surface area contributed by atoms with Crippen LogP contribution in [0.25, 0.3) is 0 Å². The van der Waals surface area contributed by atoms with Crippen LogP contribution >= 0.6 is 0 Å². The van der Waals surface area contributed by atoms with Crippen LogP contribution in [-0.2, 0) is 0 Å². The lowest BCUT2D eigenvalue weighted by molar-refractivity contribution is 0.167. The molecule has 0 bridgehead atoms. The van der Waals surface area contributed by atoms with Crippen LogP contribution in [0.2, 0.25) is 0 Å². The zero-order valence-corrected chi connectivity index (χ0v) is 7.65. The summed E-state index contributed by atoms with van der Waals surface area (Å²) < 4.78 is 0. The van der Waals surface area contributed by atoms with E-state index in [0.717, 1.165) is 6.42 Å². The third-order valence-electron chi connectivity index (χ3n) is 2.81. The van der Waals surface area contributed by atoms with Crippen LogP contribution in [-0.4, -0.2) is 11.7 Å². The Kier molecular flexibility index (Phi) is 3.95. The van der Waals surface area contributed by atoms with Gasteiger partial charge in [-0.15, -0.1) is 0 Å². The fourth-order valence-electron chi connectivity index (χ4n) is 0.933. The topological polar surface area (TPSA) is 20.2 Å². The van der Waals surface area contributed by atoms with Crippen LogP contribution in [0.4, 0.5) is 0 Å². The van der Waals surface area contributed by atoms with Gasteiger partial charge in [-0.1, -0.05) is 34.1 Å². The Morgan fingerprint density at radius 1 is 1.40 bits per heavy atom. The van der Waals surface area contributed by atoms with Crippen LogP contribution in [0.15, 0.2) is 0 Å². The first-order valence-corrected chi connectivity index (χ1v) is 4.15. The van der Waals surface area contributed by atoms with E-state index in [1.165, 1.54) is 6.42 Å². The number of rotatable bonds is 4. The first-order valence-electron chi connectivity index (χ1n) is 4.15. The summed E-state index contributed by atoms with van der Waals surface area (Å²) in [7, 11) is 0. The zero-order valence-electron chi connectivity index (χ0n) is 7.65. The molecule has 62 valence electrons. The van der Waals surface area contributed by atoms with E-state index in [9.17, 15) is 0 Å². The highest BCUT2D eigenvalue weighted by atomic mass is 16.3. The summed E-state index contributed by atoms with van der Waals surface area (Å²) in [6.07, 6.45) is 2.12. The molecule has 0 fully saturated rings. The van der Waals surface area contributed by atoms with E-state index < -0.39 is 0 Å². The van der Waals surface area contributed by atoms with Crippen LogP contribution in [0.5, 0.6) is 0 Å². The molecular weight excluding hydrogens is 124 g/mol. The maximum absolute atomic E-state index is 8.70. The summed E-state index contributed by atoms with van der Waals surface area (Å²) in [5.41, 5.74) is 0.392. The molecule has 0 rings (SSSR count). The average Bonchev–Trinajstić information content (AvgIpc) is 1.89. The lowest BCUT2D eigenvalue weighted by Crippen LogP contribution is -2.21. The molecule has 1 N–H and O–H groups in total. The van der Waals surface area contributed by atoms with Gasteiger partial charge in [0.2, 0.25) is 0 Å². The van der Waals surface area contributed by atoms with E-state index in [1.54, 1.807) is 0 Å². The van der Waals surface area contributed by atoms with Crippen molar-refractivity contribution in [3.05, 3.63) is 0 Å². The van der Waals surface area contributed by atoms with Gasteiger partial charge in [-0.2, -0.15) is 0 Å². The van der Waals surface area contributed by atoms with Crippen LogP contribution in [0, 0.1) is 11.3 Å². The van der Waals surface area contributed by atoms with E-state index in [-0.39, 0.29) is 0 Å². The van der Waals surface area contributed by atoms with Crippen molar-refractivity contribution in [3.63, 3.8) is 0 Å². The van der Waals surface area contributed by atoms with Gasteiger partial charge in [0.25, 0.3) is 0 Å². The molecule has 0 saturated carbocycles. The molecule has 0 aliphatic carbocycles. The molecule has 0 aromatic carbocycles. The second-order valence-corrected chi connectivity index (χ2v) is 3.76. The predicted molar refractivity (Wildman–Crippen MR) is 44.9 cm³/mol. The minimum absolute atomic E-state index is 0.324. The standard InChI is InChI=1S/C9H20O/c1-5-9(3,4)8(2)6-7-10/h8,10H,5-7H2,1-4H3/t8-/m0/s1. The van der Waals surface area contributed by atoms with E-state index in [2.05, 4.69) is 27.7 Å². The molecule has 0 aromatic heterocycles. The molecule has 1 nitrogen and oxygen atoms in total. The summed E-state index contributed by atoms with van der Waals surface area (Å²) in [5, 5.41) is 8.70. The fourth-order valence-corrected chi connectivity index (χ4v) is 0.933. The predicted octanol–water partition coefficient (Wildman–Crippen LogP) is 2.44. The molecule has 0 aromatic rings. The Morgan fingerprint density at radius 2 is 1.90 bits per heavy atom. The Labute approximate surface area is 64.5 Å². The van der Waals surface area contributed by atoms with E-state index >= 15 is 0 Å². The molecule has 0 heterocycles. The van der Waals surface area contributed by atoms with Gasteiger partial charge in [-0.05, 0) is 17.8 Å². The van der Waals surface area contributed by atoms with E-state index in [0.29, 0.717) is 17.9 Å². The van der Waals surface area contributed by atoms with Crippen molar-refractivity contribution >= 4 is 0 Å². The third kappa shape index (κ3) is 2.70. The van der Waals surface area contributed by atoms with Crippen LogP contribution in [0.1, 0.15) is 40.5 Å². The van der Waals surface area contributed by atoms with Crippen molar-refractivity contribution in [3.8, 4) is 0 Å². The first-order chi connectivity index (χ1) is 4.54. The average molecular weight is 144 g/mol. The minimum Gasteiger partial charge on any atom is -0.396 e. The van der Waals surface area contributed by atoms with Crippen LogP contribution in [0.3, 0.4) is 0 Å². The molecule has 0 aliphatic rings. The Bertz CT molecular complexity index is 86.7. The van der Waals surface area contributed by atoms with Crippen LogP contribution < -0.4 is 0 Å². The third-order valence-corrected chi connectivity index (χ3v) is 2.81. The van der Waals surface area contributed by atoms with Gasteiger partial charge in [0, 0.05) is 6.61 Å². The van der Waals surface area contributed by atoms with Gasteiger partial charge in [-0.3, -0.25) is 0 Å². The Hall–Kier alpha value is -0.0400. The second-order valence-electron chi connectivity index (χ2n) is 3.76. The highest BCUT2D eigenvalue weighted by Gasteiger charge is 2.22. The number of aliphatic hydroxyl groups is 1. The van der Waals surface area contributed by atoms with E-state index in [4.69, 9.17) is 5.11 Å². The molecule has 0 radical (unpaired) electrons. The number of hydrogen-bond donors (Lipinski definition) is 1. The highest BCUT2D eigenvalue weighted by Crippen LogP contribution is 2.31. The van der Waals surface area contributed by atoms with Crippen molar-refractivity contribution in [2.24, 2.45) is 11.3 Å². The molecule has 0 spiro atoms. The maximum atomic E-state index is 8.70. The van der Waals surface area contributed by atoms with Crippen molar-refractivity contribution < 1.29 is 5.11 Å². The fraction of sp³-hybridized carbons (Fsp3) is 1.00. The molecule has 0 amide bonds. The second kappa shape index (κ2) is 3.97. The molecule has 0 unspecified atom stereocenters. The molecular formula is C9H20O. The van der Waals surface area contributed by atoms with Gasteiger partial charge in [0.15, 0.2) is 0 Å². The summed E-state index contributed by atoms with van der Waals surface area (Å²) in [6.45, 7) is 9.25. The largest absolute Gasteiger partial charge is 0.396 e. The molecule has 1 heteroatoms. The normalized spacial score (nSPS) is 15.3. The summed E-state index contributed by atoms with van der Waals surface area (Å²) in [6, 6.07) is 0. The molecule has 0 aliphatic heterocycles. The highest BCUT2D eigenvalue weighted by molar-refractivity contribution is 4.72. The van der Waals surface area contributed by atoms with Crippen molar-refractivity contribution in [1.29, 1.82) is 0 Å². The quantitative estimate of drug-likeness (QED) is 0.642. The van der Waals surface area contributed by atoms with Gasteiger partial charge >= 0.3 is 0 Å². The first kappa shape index (κ1) is 9.96. The van der Waals surface area contributed by atoms with Gasteiger partial charge < -0.3 is 5.11 Å². The van der Waals surface area contributed by atoms with Crippen molar-refractivity contribution in [1.82, 2.24) is 0 Å². The minimum atomic E-state index is 0.324. The molecule has 10 heavy (non-hydrogen) atoms. The van der Waals surface area contributed by atoms with Gasteiger partial charge in [0.05, 0.1) is 0 Å².